The summed E-state index contributed by atoms with van der Waals surface area (Å²) in [7, 11) is 0. The highest BCUT2D eigenvalue weighted by Crippen LogP contribution is 2.22. The van der Waals surface area contributed by atoms with Gasteiger partial charge in [0.25, 0.3) is 5.91 Å². The number of nitrogens with zero attached hydrogens (tertiary/aromatic N) is 4. The van der Waals surface area contributed by atoms with Crippen LogP contribution in [0, 0.1) is 5.92 Å². The van der Waals surface area contributed by atoms with Crippen molar-refractivity contribution in [2.24, 2.45) is 5.92 Å². The van der Waals surface area contributed by atoms with Crippen molar-refractivity contribution in [3.05, 3.63) is 72.2 Å². The first-order chi connectivity index (χ1) is 13.1. The maximum atomic E-state index is 12.8. The smallest absolute Gasteiger partial charge is 0.251 e. The van der Waals surface area contributed by atoms with Crippen LogP contribution < -0.4 is 10.2 Å². The Morgan fingerprint density at radius 2 is 1.78 bits per heavy atom. The van der Waals surface area contributed by atoms with Crippen molar-refractivity contribution in [1.29, 1.82) is 0 Å². The zero-order chi connectivity index (χ0) is 18.8. The largest absolute Gasteiger partial charge is 0.364 e. The van der Waals surface area contributed by atoms with Crippen molar-refractivity contribution in [3.8, 4) is 0 Å². The van der Waals surface area contributed by atoms with Crippen LogP contribution in [0.15, 0.2) is 60.8 Å². The number of anilines is 1. The molecule has 1 N–H and O–H groups in total. The zero-order valence-electron chi connectivity index (χ0n) is 15.5. The molecule has 0 bridgehead atoms. The van der Waals surface area contributed by atoms with E-state index in [1.165, 1.54) is 0 Å². The summed E-state index contributed by atoms with van der Waals surface area (Å²) >= 11 is 0. The van der Waals surface area contributed by atoms with Gasteiger partial charge in [-0.1, -0.05) is 32.1 Å². The van der Waals surface area contributed by atoms with Crippen molar-refractivity contribution in [2.45, 2.75) is 19.9 Å². The molecule has 138 valence electrons. The Balaban J connectivity index is 1.54. The molecule has 6 nitrogen and oxygen atoms in total. The van der Waals surface area contributed by atoms with Gasteiger partial charge in [0, 0.05) is 30.5 Å². The summed E-state index contributed by atoms with van der Waals surface area (Å²) < 4.78 is 1.93. The molecule has 2 aromatic heterocycles. The number of fused-ring (bicyclic) bond motifs is 1. The van der Waals surface area contributed by atoms with Crippen LogP contribution in [0.5, 0.6) is 0 Å². The first-order valence-electron chi connectivity index (χ1n) is 9.24. The van der Waals surface area contributed by atoms with Crippen LogP contribution in [0.4, 0.5) is 5.69 Å². The SMILES string of the molecule is CC(C)C(NC(=O)c1ccc(N2CC=CC2)cc1)c1nnc2ccccn12. The fourth-order valence-electron chi connectivity index (χ4n) is 3.34. The highest BCUT2D eigenvalue weighted by Gasteiger charge is 2.24. The molecule has 3 heterocycles. The van der Waals surface area contributed by atoms with Crippen molar-refractivity contribution in [2.75, 3.05) is 18.0 Å². The molecule has 4 rings (SSSR count). The lowest BCUT2D eigenvalue weighted by molar-refractivity contribution is 0.0923. The molecule has 1 unspecified atom stereocenters. The van der Waals surface area contributed by atoms with E-state index in [0.29, 0.717) is 5.56 Å². The summed E-state index contributed by atoms with van der Waals surface area (Å²) in [6, 6.07) is 13.3. The molecule has 0 saturated heterocycles. The summed E-state index contributed by atoms with van der Waals surface area (Å²) in [5.74, 6) is 0.817. The number of rotatable bonds is 5. The molecule has 0 spiro atoms. The van der Waals surface area contributed by atoms with Gasteiger partial charge in [-0.2, -0.15) is 0 Å². The molecule has 0 saturated carbocycles. The van der Waals surface area contributed by atoms with E-state index in [0.717, 1.165) is 30.2 Å². The van der Waals surface area contributed by atoms with Gasteiger partial charge in [0.15, 0.2) is 11.5 Å². The monoisotopic (exact) mass is 361 g/mol. The first kappa shape index (κ1) is 17.3. The Kier molecular flexibility index (Phi) is 4.62. The van der Waals surface area contributed by atoms with E-state index >= 15 is 0 Å². The summed E-state index contributed by atoms with van der Waals surface area (Å²) in [6.07, 6.45) is 6.22. The minimum absolute atomic E-state index is 0.104. The van der Waals surface area contributed by atoms with Crippen molar-refractivity contribution >= 4 is 17.2 Å². The molecular weight excluding hydrogens is 338 g/mol. The van der Waals surface area contributed by atoms with Crippen LogP contribution in [-0.2, 0) is 0 Å². The second-order valence-electron chi connectivity index (χ2n) is 7.11. The van der Waals surface area contributed by atoms with Crippen LogP contribution in [0.2, 0.25) is 0 Å². The molecule has 0 radical (unpaired) electrons. The highest BCUT2D eigenvalue weighted by molar-refractivity contribution is 5.94. The number of aromatic nitrogens is 3. The van der Waals surface area contributed by atoms with E-state index in [1.807, 2.05) is 53.1 Å². The Morgan fingerprint density at radius 3 is 2.48 bits per heavy atom. The zero-order valence-corrected chi connectivity index (χ0v) is 15.5. The lowest BCUT2D eigenvalue weighted by Gasteiger charge is -2.21. The molecule has 1 amide bonds. The van der Waals surface area contributed by atoms with E-state index in [2.05, 4.69) is 46.4 Å². The number of carbonyl (C=O) groups excluding carboxylic acids is 1. The average molecular weight is 361 g/mol. The third kappa shape index (κ3) is 3.43. The van der Waals surface area contributed by atoms with Crippen molar-refractivity contribution < 1.29 is 4.79 Å². The van der Waals surface area contributed by atoms with E-state index in [1.54, 1.807) is 0 Å². The molecule has 3 aromatic rings. The molecule has 1 aliphatic rings. The molecule has 1 aliphatic heterocycles. The Bertz CT molecular complexity index is 966. The van der Waals surface area contributed by atoms with Gasteiger partial charge >= 0.3 is 0 Å². The van der Waals surface area contributed by atoms with E-state index in [-0.39, 0.29) is 17.9 Å². The molecule has 0 fully saturated rings. The number of hydrogen-bond acceptors (Lipinski definition) is 4. The van der Waals surface area contributed by atoms with E-state index in [9.17, 15) is 4.79 Å². The molecule has 0 aliphatic carbocycles. The van der Waals surface area contributed by atoms with Crippen molar-refractivity contribution in [1.82, 2.24) is 19.9 Å². The Labute approximate surface area is 158 Å². The van der Waals surface area contributed by atoms with Crippen LogP contribution >= 0.6 is 0 Å². The maximum Gasteiger partial charge on any atom is 0.251 e. The number of pyridine rings is 1. The second kappa shape index (κ2) is 7.23. The van der Waals surface area contributed by atoms with Crippen LogP contribution in [-0.4, -0.2) is 33.6 Å². The first-order valence-corrected chi connectivity index (χ1v) is 9.24. The van der Waals surface area contributed by atoms with Crippen LogP contribution in [0.1, 0.15) is 36.1 Å². The van der Waals surface area contributed by atoms with Gasteiger partial charge in [-0.05, 0) is 42.3 Å². The van der Waals surface area contributed by atoms with Gasteiger partial charge in [-0.3, -0.25) is 9.20 Å². The summed E-state index contributed by atoms with van der Waals surface area (Å²) in [6.45, 7) is 5.97. The minimum atomic E-state index is -0.225. The predicted molar refractivity (Wildman–Crippen MR) is 106 cm³/mol. The van der Waals surface area contributed by atoms with Gasteiger partial charge in [-0.15, -0.1) is 10.2 Å². The number of carbonyl (C=O) groups is 1. The third-order valence-electron chi connectivity index (χ3n) is 4.88. The fraction of sp³-hybridized carbons (Fsp3) is 0.286. The number of benzene rings is 1. The normalized spacial score (nSPS) is 14.9. The average Bonchev–Trinajstić information content (AvgIpc) is 3.36. The number of hydrogen-bond donors (Lipinski definition) is 1. The maximum absolute atomic E-state index is 12.8. The molecule has 6 heteroatoms. The fourth-order valence-corrected chi connectivity index (χ4v) is 3.34. The van der Waals surface area contributed by atoms with Gasteiger partial charge < -0.3 is 10.2 Å². The lowest BCUT2D eigenvalue weighted by Crippen LogP contribution is -2.33. The Hall–Kier alpha value is -3.15. The molecule has 27 heavy (non-hydrogen) atoms. The van der Waals surface area contributed by atoms with Gasteiger partial charge in [-0.25, -0.2) is 0 Å². The summed E-state index contributed by atoms with van der Waals surface area (Å²) in [5, 5.41) is 11.7. The number of nitrogens with one attached hydrogen (secondary N) is 1. The highest BCUT2D eigenvalue weighted by atomic mass is 16.1. The molecule has 1 atom stereocenters. The van der Waals surface area contributed by atoms with E-state index in [4.69, 9.17) is 0 Å². The van der Waals surface area contributed by atoms with Gasteiger partial charge in [0.05, 0.1) is 6.04 Å². The minimum Gasteiger partial charge on any atom is -0.364 e. The Morgan fingerprint density at radius 1 is 1.04 bits per heavy atom. The summed E-state index contributed by atoms with van der Waals surface area (Å²) in [4.78, 5) is 15.1. The molecular formula is C21H23N5O. The van der Waals surface area contributed by atoms with Gasteiger partial charge in [0.1, 0.15) is 0 Å². The number of amides is 1. The standard InChI is InChI=1S/C21H23N5O/c1-15(2)19(20-24-23-18-7-3-4-14-26(18)20)22-21(27)16-8-10-17(11-9-16)25-12-5-6-13-25/h3-11,14-15,19H,12-13H2,1-2H3,(H,22,27). The van der Waals surface area contributed by atoms with E-state index < -0.39 is 0 Å². The van der Waals surface area contributed by atoms with Crippen LogP contribution in [0.25, 0.3) is 5.65 Å². The van der Waals surface area contributed by atoms with Crippen LogP contribution in [0.3, 0.4) is 0 Å². The summed E-state index contributed by atoms with van der Waals surface area (Å²) in [5.41, 5.74) is 2.54. The lowest BCUT2D eigenvalue weighted by atomic mass is 10.0. The quantitative estimate of drug-likeness (QED) is 0.709. The molecule has 1 aromatic carbocycles. The van der Waals surface area contributed by atoms with Crippen molar-refractivity contribution in [3.63, 3.8) is 0 Å². The predicted octanol–water partition coefficient (Wildman–Crippen LogP) is 3.23. The third-order valence-corrected chi connectivity index (χ3v) is 4.88. The second-order valence-corrected chi connectivity index (χ2v) is 7.11. The van der Waals surface area contributed by atoms with Gasteiger partial charge in [0.2, 0.25) is 0 Å². The topological polar surface area (TPSA) is 62.5 Å².